The maximum atomic E-state index is 12.2. The number of amides is 2. The predicted octanol–water partition coefficient (Wildman–Crippen LogP) is 0.687. The molecule has 0 aliphatic carbocycles. The molecule has 0 radical (unpaired) electrons. The molecule has 0 unspecified atom stereocenters. The van der Waals surface area contributed by atoms with Crippen molar-refractivity contribution < 1.29 is 9.59 Å². The Morgan fingerprint density at radius 1 is 0.826 bits per heavy atom. The topological polar surface area (TPSA) is 134 Å². The summed E-state index contributed by atoms with van der Waals surface area (Å²) in [6.45, 7) is 0. The molecule has 4 N–H and O–H groups in total. The number of benzene rings is 2. The highest BCUT2D eigenvalue weighted by atomic mass is 16.2. The Balaban J connectivity index is 2.85. The van der Waals surface area contributed by atoms with Crippen LogP contribution in [-0.4, -0.2) is 11.8 Å². The van der Waals surface area contributed by atoms with Gasteiger partial charge in [-0.25, -0.2) is 0 Å². The van der Waals surface area contributed by atoms with Crippen molar-refractivity contribution in [2.24, 2.45) is 11.5 Å². The van der Waals surface area contributed by atoms with Gasteiger partial charge in [-0.05, 0) is 35.4 Å². The molecule has 0 heterocycles. The highest BCUT2D eigenvalue weighted by molar-refractivity contribution is 6.13. The molecule has 0 spiro atoms. The first-order valence-electron chi connectivity index (χ1n) is 6.58. The summed E-state index contributed by atoms with van der Waals surface area (Å²) in [5.41, 5.74) is 9.95. The van der Waals surface area contributed by atoms with Gasteiger partial charge >= 0.3 is 0 Å². The molecule has 2 aromatic rings. The summed E-state index contributed by atoms with van der Waals surface area (Å²) in [6, 6.07) is 15.7. The van der Waals surface area contributed by atoms with E-state index in [-0.39, 0.29) is 22.3 Å². The number of primary amides is 2. The Hall–Kier alpha value is -3.64. The van der Waals surface area contributed by atoms with Crippen LogP contribution in [0.1, 0.15) is 22.3 Å². The van der Waals surface area contributed by atoms with Crippen LogP contribution in [0.5, 0.6) is 0 Å². The summed E-state index contributed by atoms with van der Waals surface area (Å²) < 4.78 is 0. The number of hydrogen-bond acceptors (Lipinski definition) is 4. The van der Waals surface area contributed by atoms with Gasteiger partial charge in [-0.15, -0.1) is 0 Å². The van der Waals surface area contributed by atoms with E-state index in [9.17, 15) is 9.59 Å². The van der Waals surface area contributed by atoms with Crippen molar-refractivity contribution in [2.75, 3.05) is 0 Å². The van der Waals surface area contributed by atoms with Gasteiger partial charge in [0.2, 0.25) is 11.8 Å². The van der Waals surface area contributed by atoms with Crippen LogP contribution in [0, 0.1) is 22.7 Å². The molecule has 23 heavy (non-hydrogen) atoms. The Kier molecular flexibility index (Phi) is 4.11. The third-order valence-corrected chi connectivity index (χ3v) is 3.59. The second-order valence-corrected chi connectivity index (χ2v) is 4.86. The first-order valence-corrected chi connectivity index (χ1v) is 6.58. The van der Waals surface area contributed by atoms with Crippen molar-refractivity contribution >= 4 is 11.8 Å². The third kappa shape index (κ3) is 2.50. The van der Waals surface area contributed by atoms with E-state index in [1.807, 2.05) is 12.1 Å². The van der Waals surface area contributed by atoms with Crippen LogP contribution in [0.3, 0.4) is 0 Å². The standard InChI is InChI=1S/C17H12N4O2/c18-9-11-3-1-5-13(7-11)17(15(20)22,16(21)23)14-6-2-4-12(8-14)10-19/h1-8H,(H2,20,22)(H2,21,23). The van der Waals surface area contributed by atoms with Crippen LogP contribution in [0.15, 0.2) is 48.5 Å². The lowest BCUT2D eigenvalue weighted by Gasteiger charge is -2.28. The van der Waals surface area contributed by atoms with Gasteiger partial charge in [0.1, 0.15) is 0 Å². The summed E-state index contributed by atoms with van der Waals surface area (Å²) in [5, 5.41) is 18.1. The van der Waals surface area contributed by atoms with E-state index >= 15 is 0 Å². The van der Waals surface area contributed by atoms with Crippen molar-refractivity contribution in [1.82, 2.24) is 0 Å². The molecular formula is C17H12N4O2. The summed E-state index contributed by atoms with van der Waals surface area (Å²) in [5.74, 6) is -1.95. The molecular weight excluding hydrogens is 292 g/mol. The molecule has 6 nitrogen and oxygen atoms in total. The maximum absolute atomic E-state index is 12.2. The number of rotatable bonds is 4. The van der Waals surface area contributed by atoms with Gasteiger partial charge < -0.3 is 11.5 Å². The van der Waals surface area contributed by atoms with Crippen LogP contribution in [-0.2, 0) is 15.0 Å². The predicted molar refractivity (Wildman–Crippen MR) is 81.5 cm³/mol. The average Bonchev–Trinajstić information content (AvgIpc) is 2.55. The second kappa shape index (κ2) is 6.00. The number of carbonyl (C=O) groups excluding carboxylic acids is 2. The Labute approximate surface area is 132 Å². The van der Waals surface area contributed by atoms with Crippen molar-refractivity contribution in [2.45, 2.75) is 5.41 Å². The number of nitriles is 2. The minimum Gasteiger partial charge on any atom is -0.368 e. The number of nitrogens with two attached hydrogens (primary N) is 2. The van der Waals surface area contributed by atoms with E-state index in [0.717, 1.165) is 0 Å². The van der Waals surface area contributed by atoms with E-state index in [2.05, 4.69) is 0 Å². The zero-order valence-corrected chi connectivity index (χ0v) is 12.0. The molecule has 0 atom stereocenters. The molecule has 0 fully saturated rings. The highest BCUT2D eigenvalue weighted by Gasteiger charge is 2.46. The van der Waals surface area contributed by atoms with E-state index in [1.54, 1.807) is 0 Å². The van der Waals surface area contributed by atoms with Crippen molar-refractivity contribution in [3.05, 3.63) is 70.8 Å². The zero-order chi connectivity index (χ0) is 17.0. The van der Waals surface area contributed by atoms with Crippen LogP contribution >= 0.6 is 0 Å². The fourth-order valence-electron chi connectivity index (χ4n) is 2.50. The Morgan fingerprint density at radius 3 is 1.52 bits per heavy atom. The molecule has 0 saturated carbocycles. The van der Waals surface area contributed by atoms with Gasteiger partial charge in [0, 0.05) is 0 Å². The molecule has 2 aromatic carbocycles. The Bertz CT molecular complexity index is 801. The SMILES string of the molecule is N#Cc1cccc(C(C(N)=O)(C(N)=O)c2cccc(C#N)c2)c1. The molecule has 112 valence electrons. The van der Waals surface area contributed by atoms with Gasteiger partial charge in [-0.2, -0.15) is 10.5 Å². The fraction of sp³-hybridized carbons (Fsp3) is 0.0588. The molecule has 0 aromatic heterocycles. The van der Waals surface area contributed by atoms with Crippen LogP contribution < -0.4 is 11.5 Å². The molecule has 0 saturated heterocycles. The largest absolute Gasteiger partial charge is 0.368 e. The lowest BCUT2D eigenvalue weighted by Crippen LogP contribution is -2.52. The van der Waals surface area contributed by atoms with Gasteiger partial charge in [0.25, 0.3) is 0 Å². The molecule has 6 heteroatoms. The van der Waals surface area contributed by atoms with E-state index in [0.29, 0.717) is 0 Å². The summed E-state index contributed by atoms with van der Waals surface area (Å²) in [6.07, 6.45) is 0. The fourth-order valence-corrected chi connectivity index (χ4v) is 2.50. The summed E-state index contributed by atoms with van der Waals surface area (Å²) in [4.78, 5) is 24.4. The highest BCUT2D eigenvalue weighted by Crippen LogP contribution is 2.33. The second-order valence-electron chi connectivity index (χ2n) is 4.86. The van der Waals surface area contributed by atoms with Gasteiger partial charge in [-0.1, -0.05) is 24.3 Å². The smallest absolute Gasteiger partial charge is 0.242 e. The quantitative estimate of drug-likeness (QED) is 0.803. The van der Waals surface area contributed by atoms with E-state index in [4.69, 9.17) is 22.0 Å². The molecule has 2 amide bonds. The number of hydrogen-bond donors (Lipinski definition) is 2. The lowest BCUT2D eigenvalue weighted by atomic mass is 9.72. The van der Waals surface area contributed by atoms with E-state index in [1.165, 1.54) is 48.5 Å². The normalized spacial score (nSPS) is 10.3. The van der Waals surface area contributed by atoms with Crippen molar-refractivity contribution in [3.8, 4) is 12.1 Å². The monoisotopic (exact) mass is 304 g/mol. The van der Waals surface area contributed by atoms with Gasteiger partial charge in [0.05, 0.1) is 23.3 Å². The summed E-state index contributed by atoms with van der Waals surface area (Å²) >= 11 is 0. The molecule has 0 aliphatic rings. The van der Waals surface area contributed by atoms with E-state index < -0.39 is 17.2 Å². The van der Waals surface area contributed by atoms with Crippen molar-refractivity contribution in [1.29, 1.82) is 10.5 Å². The van der Waals surface area contributed by atoms with Crippen molar-refractivity contribution in [3.63, 3.8) is 0 Å². The minimum absolute atomic E-state index is 0.187. The zero-order valence-electron chi connectivity index (χ0n) is 12.0. The first-order chi connectivity index (χ1) is 11.0. The minimum atomic E-state index is -1.96. The van der Waals surface area contributed by atoms with Crippen LogP contribution in [0.4, 0.5) is 0 Å². The lowest BCUT2D eigenvalue weighted by molar-refractivity contribution is -0.132. The van der Waals surface area contributed by atoms with Gasteiger partial charge in [0.15, 0.2) is 5.41 Å². The van der Waals surface area contributed by atoms with Gasteiger partial charge in [-0.3, -0.25) is 9.59 Å². The summed E-state index contributed by atoms with van der Waals surface area (Å²) in [7, 11) is 0. The number of carbonyl (C=O) groups is 2. The molecule has 0 bridgehead atoms. The van der Waals surface area contributed by atoms with Crippen LogP contribution in [0.25, 0.3) is 0 Å². The average molecular weight is 304 g/mol. The van der Waals surface area contributed by atoms with Crippen LogP contribution in [0.2, 0.25) is 0 Å². The molecule has 2 rings (SSSR count). The molecule has 0 aliphatic heterocycles. The maximum Gasteiger partial charge on any atom is 0.242 e. The third-order valence-electron chi connectivity index (χ3n) is 3.59. The first kappa shape index (κ1) is 15.7. The number of nitrogens with zero attached hydrogens (tertiary/aromatic N) is 2. The Morgan fingerprint density at radius 2 is 1.22 bits per heavy atom.